The Kier molecular flexibility index (Phi) is 4.42. The molecule has 0 saturated carbocycles. The van der Waals surface area contributed by atoms with Gasteiger partial charge in [0.05, 0.1) is 18.2 Å². The first-order chi connectivity index (χ1) is 9.61. The maximum Gasteiger partial charge on any atom is 0.219 e. The predicted octanol–water partition coefficient (Wildman–Crippen LogP) is 2.61. The number of ether oxygens (including phenoxy) is 2. The van der Waals surface area contributed by atoms with E-state index in [0.29, 0.717) is 22.2 Å². The van der Waals surface area contributed by atoms with Gasteiger partial charge >= 0.3 is 0 Å². The van der Waals surface area contributed by atoms with Crippen LogP contribution in [0.4, 0.5) is 0 Å². The maximum absolute atomic E-state index is 7.53. The van der Waals surface area contributed by atoms with Gasteiger partial charge in [-0.05, 0) is 30.3 Å². The summed E-state index contributed by atoms with van der Waals surface area (Å²) in [4.78, 5) is 4.09. The molecule has 0 unspecified atom stereocenters. The second-order valence-electron chi connectivity index (χ2n) is 4.01. The Labute approximate surface area is 121 Å². The van der Waals surface area contributed by atoms with E-state index in [4.69, 9.17) is 32.2 Å². The molecule has 0 atom stereocenters. The third-order valence-electron chi connectivity index (χ3n) is 2.66. The van der Waals surface area contributed by atoms with Crippen molar-refractivity contribution in [3.05, 3.63) is 52.7 Å². The van der Waals surface area contributed by atoms with Crippen LogP contribution in [0.15, 0.2) is 36.5 Å². The highest BCUT2D eigenvalue weighted by Gasteiger charge is 2.10. The molecule has 0 aliphatic rings. The van der Waals surface area contributed by atoms with Crippen molar-refractivity contribution in [1.29, 1.82) is 5.41 Å². The van der Waals surface area contributed by atoms with Crippen LogP contribution >= 0.6 is 11.6 Å². The summed E-state index contributed by atoms with van der Waals surface area (Å²) in [5.41, 5.74) is 6.81. The summed E-state index contributed by atoms with van der Waals surface area (Å²) in [6.07, 6.45) is 1.64. The Morgan fingerprint density at radius 2 is 2.20 bits per heavy atom. The summed E-state index contributed by atoms with van der Waals surface area (Å²) in [7, 11) is 1.55. The average molecular weight is 292 g/mol. The van der Waals surface area contributed by atoms with Gasteiger partial charge in [-0.25, -0.2) is 4.98 Å². The number of benzene rings is 1. The second kappa shape index (κ2) is 6.25. The zero-order chi connectivity index (χ0) is 14.5. The second-order valence-corrected chi connectivity index (χ2v) is 4.45. The molecule has 3 N–H and O–H groups in total. The van der Waals surface area contributed by atoms with Gasteiger partial charge in [-0.3, -0.25) is 5.41 Å². The van der Waals surface area contributed by atoms with E-state index >= 15 is 0 Å². The van der Waals surface area contributed by atoms with E-state index in [0.717, 1.165) is 5.56 Å². The largest absolute Gasteiger partial charge is 0.488 e. The molecule has 0 aliphatic heterocycles. The van der Waals surface area contributed by atoms with Crippen molar-refractivity contribution in [2.45, 2.75) is 6.61 Å². The summed E-state index contributed by atoms with van der Waals surface area (Å²) < 4.78 is 10.8. The summed E-state index contributed by atoms with van der Waals surface area (Å²) >= 11 is 5.93. The molecular formula is C14H14ClN3O2. The minimum Gasteiger partial charge on any atom is -0.488 e. The van der Waals surface area contributed by atoms with Crippen LogP contribution in [0.25, 0.3) is 0 Å². The fourth-order valence-electron chi connectivity index (χ4n) is 1.71. The number of aromatic nitrogens is 1. The van der Waals surface area contributed by atoms with Crippen molar-refractivity contribution in [3.8, 4) is 11.6 Å². The Bertz CT molecular complexity index is 632. The highest BCUT2D eigenvalue weighted by atomic mass is 35.5. The van der Waals surface area contributed by atoms with E-state index in [1.165, 1.54) is 0 Å². The molecule has 5 nitrogen and oxygen atoms in total. The monoisotopic (exact) mass is 291 g/mol. The van der Waals surface area contributed by atoms with Crippen LogP contribution in [0.2, 0.25) is 5.02 Å². The van der Waals surface area contributed by atoms with Gasteiger partial charge < -0.3 is 15.2 Å². The first kappa shape index (κ1) is 14.1. The summed E-state index contributed by atoms with van der Waals surface area (Å²) in [6, 6.07) is 8.59. The molecule has 1 heterocycles. The molecule has 1 aromatic carbocycles. The summed E-state index contributed by atoms with van der Waals surface area (Å²) in [5, 5.41) is 8.04. The molecule has 0 radical (unpaired) electrons. The van der Waals surface area contributed by atoms with Crippen molar-refractivity contribution < 1.29 is 9.47 Å². The fraction of sp³-hybridized carbons (Fsp3) is 0.143. The van der Waals surface area contributed by atoms with Crippen LogP contribution in [0.5, 0.6) is 11.6 Å². The number of amidine groups is 1. The molecule has 1 aromatic heterocycles. The minimum absolute atomic E-state index is 0.0742. The molecule has 104 valence electrons. The van der Waals surface area contributed by atoms with Gasteiger partial charge in [-0.15, -0.1) is 0 Å². The van der Waals surface area contributed by atoms with E-state index in [1.54, 1.807) is 37.6 Å². The first-order valence-electron chi connectivity index (χ1n) is 5.86. The van der Waals surface area contributed by atoms with Gasteiger partial charge in [0.15, 0.2) is 0 Å². The van der Waals surface area contributed by atoms with E-state index in [9.17, 15) is 0 Å². The molecule has 0 spiro atoms. The van der Waals surface area contributed by atoms with Gasteiger partial charge in [-0.1, -0.05) is 11.6 Å². The number of nitrogen functional groups attached to an aromatic ring is 1. The quantitative estimate of drug-likeness (QED) is 0.655. The standard InChI is InChI=1S/C14H14ClN3O2/c1-19-14-9(3-2-6-18-14)8-20-12-7-10(15)4-5-11(12)13(16)17/h2-7H,8H2,1H3,(H3,16,17). The van der Waals surface area contributed by atoms with Crippen LogP contribution in [0.1, 0.15) is 11.1 Å². The average Bonchev–Trinajstić information content (AvgIpc) is 2.45. The van der Waals surface area contributed by atoms with E-state index < -0.39 is 0 Å². The Balaban J connectivity index is 2.22. The smallest absolute Gasteiger partial charge is 0.219 e. The van der Waals surface area contributed by atoms with Gasteiger partial charge in [0, 0.05) is 11.2 Å². The molecule has 0 fully saturated rings. The van der Waals surface area contributed by atoms with Crippen molar-refractivity contribution in [3.63, 3.8) is 0 Å². The van der Waals surface area contributed by atoms with Crippen LogP contribution < -0.4 is 15.2 Å². The minimum atomic E-state index is -0.0742. The van der Waals surface area contributed by atoms with Gasteiger partial charge in [0.2, 0.25) is 5.88 Å². The molecule has 20 heavy (non-hydrogen) atoms. The fourth-order valence-corrected chi connectivity index (χ4v) is 1.87. The molecule has 2 rings (SSSR count). The van der Waals surface area contributed by atoms with Crippen LogP contribution in [0.3, 0.4) is 0 Å². The number of nitrogens with one attached hydrogen (secondary N) is 1. The Morgan fingerprint density at radius 1 is 1.40 bits per heavy atom. The van der Waals surface area contributed by atoms with E-state index in [-0.39, 0.29) is 12.4 Å². The van der Waals surface area contributed by atoms with Gasteiger partial charge in [0.25, 0.3) is 0 Å². The van der Waals surface area contributed by atoms with E-state index in [2.05, 4.69) is 4.98 Å². The normalized spacial score (nSPS) is 10.1. The van der Waals surface area contributed by atoms with Crippen molar-refractivity contribution in [2.75, 3.05) is 7.11 Å². The lowest BCUT2D eigenvalue weighted by atomic mass is 10.2. The van der Waals surface area contributed by atoms with E-state index in [1.807, 2.05) is 6.07 Å². The first-order valence-corrected chi connectivity index (χ1v) is 6.24. The van der Waals surface area contributed by atoms with Crippen molar-refractivity contribution >= 4 is 17.4 Å². The molecule has 6 heteroatoms. The highest BCUT2D eigenvalue weighted by Crippen LogP contribution is 2.25. The topological polar surface area (TPSA) is 81.2 Å². The number of nitrogens with two attached hydrogens (primary N) is 1. The number of pyridine rings is 1. The SMILES string of the molecule is COc1ncccc1COc1cc(Cl)ccc1C(=N)N. The number of halogens is 1. The zero-order valence-electron chi connectivity index (χ0n) is 10.9. The molecular weight excluding hydrogens is 278 g/mol. The Morgan fingerprint density at radius 3 is 2.90 bits per heavy atom. The molecule has 0 aliphatic carbocycles. The molecule has 0 bridgehead atoms. The van der Waals surface area contributed by atoms with Gasteiger partial charge in [0.1, 0.15) is 18.2 Å². The number of hydrogen-bond donors (Lipinski definition) is 2. The summed E-state index contributed by atoms with van der Waals surface area (Å²) in [5.74, 6) is 0.879. The maximum atomic E-state index is 7.53. The lowest BCUT2D eigenvalue weighted by Gasteiger charge is -2.12. The predicted molar refractivity (Wildman–Crippen MR) is 77.6 cm³/mol. The number of rotatable bonds is 5. The third-order valence-corrected chi connectivity index (χ3v) is 2.90. The van der Waals surface area contributed by atoms with Gasteiger partial charge in [-0.2, -0.15) is 0 Å². The van der Waals surface area contributed by atoms with Crippen molar-refractivity contribution in [2.24, 2.45) is 5.73 Å². The Hall–Kier alpha value is -2.27. The number of methoxy groups -OCH3 is 1. The lowest BCUT2D eigenvalue weighted by Crippen LogP contribution is -2.13. The van der Waals surface area contributed by atoms with Crippen LogP contribution in [-0.4, -0.2) is 17.9 Å². The van der Waals surface area contributed by atoms with Crippen LogP contribution in [0, 0.1) is 5.41 Å². The number of nitrogens with zero attached hydrogens (tertiary/aromatic N) is 1. The van der Waals surface area contributed by atoms with Crippen molar-refractivity contribution in [1.82, 2.24) is 4.98 Å². The zero-order valence-corrected chi connectivity index (χ0v) is 11.6. The number of hydrogen-bond acceptors (Lipinski definition) is 4. The molecule has 0 amide bonds. The third kappa shape index (κ3) is 3.19. The van der Waals surface area contributed by atoms with Crippen LogP contribution in [-0.2, 0) is 6.61 Å². The molecule has 2 aromatic rings. The highest BCUT2D eigenvalue weighted by molar-refractivity contribution is 6.30. The lowest BCUT2D eigenvalue weighted by molar-refractivity contribution is 0.293. The summed E-state index contributed by atoms with van der Waals surface area (Å²) in [6.45, 7) is 0.248. The molecule has 0 saturated heterocycles.